The van der Waals surface area contributed by atoms with Gasteiger partial charge >= 0.3 is 17.9 Å². The molecule has 0 bridgehead atoms. The summed E-state index contributed by atoms with van der Waals surface area (Å²) in [6.45, 7) is 1.42. The minimum absolute atomic E-state index is 0.162. The number of dihydropyridines is 1. The Morgan fingerprint density at radius 2 is 2.10 bits per heavy atom. The van der Waals surface area contributed by atoms with E-state index in [2.05, 4.69) is 4.99 Å². The molecule has 1 unspecified atom stereocenters. The second-order valence-corrected chi connectivity index (χ2v) is 4.20. The SMILES string of the molecule is CC1=NC(=O)C([N+](=O)[O-])C(OC(=O)c2ccccc2F)=C1. The highest BCUT2D eigenvalue weighted by molar-refractivity contribution is 6.06. The zero-order valence-electron chi connectivity index (χ0n) is 10.8. The van der Waals surface area contributed by atoms with Gasteiger partial charge in [-0.05, 0) is 19.1 Å². The molecule has 1 aromatic rings. The van der Waals surface area contributed by atoms with E-state index in [-0.39, 0.29) is 11.3 Å². The van der Waals surface area contributed by atoms with Gasteiger partial charge in [0.25, 0.3) is 0 Å². The standard InChI is InChI=1S/C13H9FN2O5/c1-7-6-10(11(16(19)20)12(17)15-7)21-13(18)8-4-2-3-5-9(8)14/h2-6,11H,1H3. The molecular formula is C13H9FN2O5. The number of benzene rings is 1. The molecule has 1 amide bonds. The Hall–Kier alpha value is -2.90. The van der Waals surface area contributed by atoms with E-state index >= 15 is 0 Å². The highest BCUT2D eigenvalue weighted by atomic mass is 19.1. The van der Waals surface area contributed by atoms with Crippen molar-refractivity contribution in [1.29, 1.82) is 0 Å². The number of esters is 1. The maximum absolute atomic E-state index is 13.5. The monoisotopic (exact) mass is 292 g/mol. The molecule has 2 rings (SSSR count). The quantitative estimate of drug-likeness (QED) is 0.477. The van der Waals surface area contributed by atoms with Crippen LogP contribution in [0.15, 0.2) is 41.1 Å². The van der Waals surface area contributed by atoms with E-state index in [4.69, 9.17) is 4.74 Å². The molecule has 1 atom stereocenters. The number of hydrogen-bond donors (Lipinski definition) is 0. The minimum atomic E-state index is -1.90. The van der Waals surface area contributed by atoms with Crippen molar-refractivity contribution < 1.29 is 23.6 Å². The molecule has 1 heterocycles. The van der Waals surface area contributed by atoms with Gasteiger partial charge in [0.05, 0.1) is 5.56 Å². The lowest BCUT2D eigenvalue weighted by atomic mass is 10.1. The van der Waals surface area contributed by atoms with Crippen LogP contribution in [0.2, 0.25) is 0 Å². The molecule has 0 saturated carbocycles. The number of aliphatic imine (C=N–C) groups is 1. The Labute approximate surface area is 117 Å². The second kappa shape index (κ2) is 5.61. The van der Waals surface area contributed by atoms with E-state index in [0.717, 1.165) is 12.1 Å². The van der Waals surface area contributed by atoms with Crippen molar-refractivity contribution in [3.05, 3.63) is 57.6 Å². The van der Waals surface area contributed by atoms with Crippen molar-refractivity contribution in [2.24, 2.45) is 4.99 Å². The number of allylic oxidation sites excluding steroid dienone is 1. The first kappa shape index (κ1) is 14.5. The third-order valence-corrected chi connectivity index (χ3v) is 2.66. The fourth-order valence-electron chi connectivity index (χ4n) is 1.74. The normalized spacial score (nSPS) is 17.8. The van der Waals surface area contributed by atoms with E-state index in [9.17, 15) is 24.1 Å². The van der Waals surface area contributed by atoms with Gasteiger partial charge in [0.2, 0.25) is 0 Å². The highest BCUT2D eigenvalue weighted by Gasteiger charge is 2.39. The van der Waals surface area contributed by atoms with Crippen molar-refractivity contribution in [3.63, 3.8) is 0 Å². The summed E-state index contributed by atoms with van der Waals surface area (Å²) in [5.41, 5.74) is -0.220. The van der Waals surface area contributed by atoms with Gasteiger partial charge < -0.3 is 4.74 Å². The van der Waals surface area contributed by atoms with Crippen LogP contribution in [-0.4, -0.2) is 28.6 Å². The molecule has 21 heavy (non-hydrogen) atoms. The first-order chi connectivity index (χ1) is 9.90. The predicted molar refractivity (Wildman–Crippen MR) is 68.8 cm³/mol. The minimum Gasteiger partial charge on any atom is -0.419 e. The van der Waals surface area contributed by atoms with Crippen molar-refractivity contribution in [1.82, 2.24) is 0 Å². The lowest BCUT2D eigenvalue weighted by Gasteiger charge is -2.14. The van der Waals surface area contributed by atoms with Gasteiger partial charge in [0.1, 0.15) is 5.82 Å². The Bertz CT molecular complexity index is 696. The molecule has 0 aliphatic carbocycles. The summed E-state index contributed by atoms with van der Waals surface area (Å²) in [7, 11) is 0. The summed E-state index contributed by atoms with van der Waals surface area (Å²) < 4.78 is 18.3. The molecule has 108 valence electrons. The Balaban J connectivity index is 2.30. The summed E-state index contributed by atoms with van der Waals surface area (Å²) in [5.74, 6) is -3.47. The molecule has 0 saturated heterocycles. The number of nitrogens with zero attached hydrogens (tertiary/aromatic N) is 2. The number of amides is 1. The van der Waals surface area contributed by atoms with Gasteiger partial charge in [-0.2, -0.15) is 0 Å². The molecule has 1 aromatic carbocycles. The van der Waals surface area contributed by atoms with E-state index in [1.54, 1.807) is 0 Å². The lowest BCUT2D eigenvalue weighted by Crippen LogP contribution is -2.35. The highest BCUT2D eigenvalue weighted by Crippen LogP contribution is 2.18. The fourth-order valence-corrected chi connectivity index (χ4v) is 1.74. The molecular weight excluding hydrogens is 283 g/mol. The molecule has 7 nitrogen and oxygen atoms in total. The zero-order chi connectivity index (χ0) is 15.6. The lowest BCUT2D eigenvalue weighted by molar-refractivity contribution is -0.501. The van der Waals surface area contributed by atoms with Gasteiger partial charge in [-0.15, -0.1) is 0 Å². The maximum Gasteiger partial charge on any atom is 0.348 e. The summed E-state index contributed by atoms with van der Waals surface area (Å²) >= 11 is 0. The topological polar surface area (TPSA) is 98.9 Å². The smallest absolute Gasteiger partial charge is 0.348 e. The third kappa shape index (κ3) is 2.99. The zero-order valence-corrected chi connectivity index (χ0v) is 10.8. The van der Waals surface area contributed by atoms with Crippen LogP contribution in [0.5, 0.6) is 0 Å². The number of nitro groups is 1. The molecule has 0 radical (unpaired) electrons. The number of rotatable bonds is 3. The number of hydrogen-bond acceptors (Lipinski definition) is 5. The van der Waals surface area contributed by atoms with Crippen LogP contribution in [0, 0.1) is 15.9 Å². The van der Waals surface area contributed by atoms with Gasteiger partial charge in [-0.1, -0.05) is 12.1 Å². The van der Waals surface area contributed by atoms with Crippen LogP contribution in [0.4, 0.5) is 4.39 Å². The van der Waals surface area contributed by atoms with E-state index < -0.39 is 34.4 Å². The van der Waals surface area contributed by atoms with Crippen molar-refractivity contribution in [3.8, 4) is 0 Å². The summed E-state index contributed by atoms with van der Waals surface area (Å²) in [5, 5.41) is 10.9. The summed E-state index contributed by atoms with van der Waals surface area (Å²) in [4.78, 5) is 36.7. The number of halogens is 1. The average molecular weight is 292 g/mol. The van der Waals surface area contributed by atoms with Gasteiger partial charge in [0.15, 0.2) is 5.76 Å². The second-order valence-electron chi connectivity index (χ2n) is 4.20. The third-order valence-electron chi connectivity index (χ3n) is 2.66. The van der Waals surface area contributed by atoms with Gasteiger partial charge in [-0.3, -0.25) is 14.9 Å². The number of carbonyl (C=O) groups is 2. The van der Waals surface area contributed by atoms with E-state index in [1.807, 2.05) is 0 Å². The molecule has 0 N–H and O–H groups in total. The molecule has 1 aliphatic heterocycles. The van der Waals surface area contributed by atoms with E-state index in [1.165, 1.54) is 25.1 Å². The van der Waals surface area contributed by atoms with Gasteiger partial charge in [0, 0.05) is 16.7 Å². The summed E-state index contributed by atoms with van der Waals surface area (Å²) in [6.07, 6.45) is 1.10. The summed E-state index contributed by atoms with van der Waals surface area (Å²) in [6, 6.07) is 3.12. The largest absolute Gasteiger partial charge is 0.419 e. The van der Waals surface area contributed by atoms with Crippen LogP contribution in [0.25, 0.3) is 0 Å². The Kier molecular flexibility index (Phi) is 3.88. The van der Waals surface area contributed by atoms with Crippen molar-refractivity contribution >= 4 is 17.6 Å². The Morgan fingerprint density at radius 1 is 1.43 bits per heavy atom. The van der Waals surface area contributed by atoms with Crippen LogP contribution in [0.1, 0.15) is 17.3 Å². The predicted octanol–water partition coefficient (Wildman–Crippen LogP) is 1.51. The van der Waals surface area contributed by atoms with Gasteiger partial charge in [-0.25, -0.2) is 14.2 Å². The molecule has 8 heteroatoms. The Morgan fingerprint density at radius 3 is 2.71 bits per heavy atom. The fraction of sp³-hybridized carbons (Fsp3) is 0.154. The molecule has 1 aliphatic rings. The first-order valence-corrected chi connectivity index (χ1v) is 5.81. The molecule has 0 spiro atoms. The maximum atomic E-state index is 13.5. The van der Waals surface area contributed by atoms with Crippen molar-refractivity contribution in [2.75, 3.05) is 0 Å². The van der Waals surface area contributed by atoms with Crippen LogP contribution in [-0.2, 0) is 9.53 Å². The molecule has 0 fully saturated rings. The van der Waals surface area contributed by atoms with Crippen LogP contribution in [0.3, 0.4) is 0 Å². The average Bonchev–Trinajstić information content (AvgIpc) is 2.37. The van der Waals surface area contributed by atoms with E-state index in [0.29, 0.717) is 0 Å². The van der Waals surface area contributed by atoms with Crippen LogP contribution < -0.4 is 0 Å². The van der Waals surface area contributed by atoms with Crippen molar-refractivity contribution in [2.45, 2.75) is 13.0 Å². The molecule has 0 aromatic heterocycles. The first-order valence-electron chi connectivity index (χ1n) is 5.81. The van der Waals surface area contributed by atoms with Crippen LogP contribution >= 0.6 is 0 Å². The number of ether oxygens (including phenoxy) is 1. The number of carbonyl (C=O) groups excluding carboxylic acids is 2.